The minimum absolute atomic E-state index is 0.258. The molecule has 0 aromatic rings. The molecule has 0 heterocycles. The maximum atomic E-state index is 11.2. The van der Waals surface area contributed by atoms with E-state index < -0.39 is 23.9 Å². The molecule has 0 bridgehead atoms. The molecule has 3 unspecified atom stereocenters. The van der Waals surface area contributed by atoms with Crippen LogP contribution in [0.5, 0.6) is 0 Å². The molecule has 0 aliphatic heterocycles. The molecule has 0 radical (unpaired) electrons. The summed E-state index contributed by atoms with van der Waals surface area (Å²) < 4.78 is 4.73. The van der Waals surface area contributed by atoms with E-state index in [2.05, 4.69) is 0 Å². The fourth-order valence-electron chi connectivity index (χ4n) is 1.37. The highest BCUT2D eigenvalue weighted by atomic mass is 16.5. The van der Waals surface area contributed by atoms with E-state index >= 15 is 0 Å². The lowest BCUT2D eigenvalue weighted by Crippen LogP contribution is -2.31. The number of esters is 1. The monoisotopic (exact) mass is 184 g/mol. The van der Waals surface area contributed by atoms with Gasteiger partial charge in [-0.25, -0.2) is 0 Å². The van der Waals surface area contributed by atoms with E-state index in [1.807, 2.05) is 0 Å². The second-order valence-electron chi connectivity index (χ2n) is 2.87. The van der Waals surface area contributed by atoms with Gasteiger partial charge >= 0.3 is 5.97 Å². The largest absolute Gasteiger partial charge is 0.466 e. The van der Waals surface area contributed by atoms with Gasteiger partial charge in [-0.15, -0.1) is 0 Å². The molecule has 3 atom stereocenters. The Balaban J connectivity index is 2.66. The van der Waals surface area contributed by atoms with Gasteiger partial charge in [0.15, 0.2) is 0 Å². The lowest BCUT2D eigenvalue weighted by Gasteiger charge is -2.16. The summed E-state index contributed by atoms with van der Waals surface area (Å²) in [5.41, 5.74) is 0. The molecule has 4 nitrogen and oxygen atoms in total. The number of rotatable bonds is 3. The third kappa shape index (κ3) is 1.95. The van der Waals surface area contributed by atoms with Crippen molar-refractivity contribution in [1.29, 1.82) is 0 Å². The normalized spacial score (nSPS) is 31.7. The van der Waals surface area contributed by atoms with Crippen LogP contribution in [0.3, 0.4) is 0 Å². The van der Waals surface area contributed by atoms with Crippen LogP contribution in [-0.4, -0.2) is 30.1 Å². The van der Waals surface area contributed by atoms with Crippen LogP contribution in [0, 0.1) is 11.8 Å². The number of allylic oxidation sites excluding steroid dienone is 1. The SMILES string of the molecule is CCOC(=O)C1C(O)C=CC1C=O. The number of carbonyl (C=O) groups is 2. The number of ether oxygens (including phenoxy) is 1. The summed E-state index contributed by atoms with van der Waals surface area (Å²) in [6.07, 6.45) is 2.73. The van der Waals surface area contributed by atoms with Crippen molar-refractivity contribution < 1.29 is 19.4 Å². The van der Waals surface area contributed by atoms with E-state index in [0.29, 0.717) is 6.29 Å². The van der Waals surface area contributed by atoms with Gasteiger partial charge in [-0.2, -0.15) is 0 Å². The van der Waals surface area contributed by atoms with Crippen molar-refractivity contribution in [3.05, 3.63) is 12.2 Å². The summed E-state index contributed by atoms with van der Waals surface area (Å²) in [4.78, 5) is 21.7. The van der Waals surface area contributed by atoms with Crippen LogP contribution in [0.1, 0.15) is 6.92 Å². The zero-order valence-electron chi connectivity index (χ0n) is 7.34. The van der Waals surface area contributed by atoms with Crippen LogP contribution < -0.4 is 0 Å². The fourth-order valence-corrected chi connectivity index (χ4v) is 1.37. The highest BCUT2D eigenvalue weighted by Gasteiger charge is 2.37. The summed E-state index contributed by atoms with van der Waals surface area (Å²) in [7, 11) is 0. The number of aliphatic hydroxyl groups is 1. The van der Waals surface area contributed by atoms with E-state index in [1.54, 1.807) is 6.92 Å². The van der Waals surface area contributed by atoms with E-state index in [0.717, 1.165) is 0 Å². The van der Waals surface area contributed by atoms with Gasteiger partial charge in [0.25, 0.3) is 0 Å². The molecule has 1 rings (SSSR count). The van der Waals surface area contributed by atoms with Gasteiger partial charge in [-0.3, -0.25) is 4.79 Å². The van der Waals surface area contributed by atoms with E-state index in [-0.39, 0.29) is 6.61 Å². The van der Waals surface area contributed by atoms with Crippen LogP contribution in [-0.2, 0) is 14.3 Å². The first kappa shape index (κ1) is 9.92. The molecule has 0 aromatic heterocycles. The Morgan fingerprint density at radius 3 is 2.85 bits per heavy atom. The molecule has 0 fully saturated rings. The van der Waals surface area contributed by atoms with E-state index in [9.17, 15) is 14.7 Å². The van der Waals surface area contributed by atoms with Crippen LogP contribution in [0.4, 0.5) is 0 Å². The molecular formula is C9H12O4. The van der Waals surface area contributed by atoms with Gasteiger partial charge in [0, 0.05) is 5.92 Å². The number of hydrogen-bond donors (Lipinski definition) is 1. The van der Waals surface area contributed by atoms with E-state index in [1.165, 1.54) is 12.2 Å². The first-order chi connectivity index (χ1) is 6.20. The summed E-state index contributed by atoms with van der Waals surface area (Å²) >= 11 is 0. The summed E-state index contributed by atoms with van der Waals surface area (Å²) in [5.74, 6) is -1.82. The van der Waals surface area contributed by atoms with Gasteiger partial charge in [0.2, 0.25) is 0 Å². The van der Waals surface area contributed by atoms with Gasteiger partial charge in [-0.05, 0) is 6.92 Å². The molecule has 4 heteroatoms. The lowest BCUT2D eigenvalue weighted by molar-refractivity contribution is -0.153. The Hall–Kier alpha value is -1.16. The van der Waals surface area contributed by atoms with Crippen molar-refractivity contribution >= 4 is 12.3 Å². The summed E-state index contributed by atoms with van der Waals surface area (Å²) in [5, 5.41) is 9.34. The van der Waals surface area contributed by atoms with Crippen molar-refractivity contribution in [2.45, 2.75) is 13.0 Å². The Morgan fingerprint density at radius 2 is 2.31 bits per heavy atom. The third-order valence-electron chi connectivity index (χ3n) is 2.03. The van der Waals surface area contributed by atoms with Gasteiger partial charge in [0.05, 0.1) is 18.6 Å². The molecule has 0 saturated carbocycles. The predicted molar refractivity (Wildman–Crippen MR) is 44.8 cm³/mol. The molecule has 72 valence electrons. The molecule has 0 spiro atoms. The maximum Gasteiger partial charge on any atom is 0.312 e. The Kier molecular flexibility index (Phi) is 3.19. The topological polar surface area (TPSA) is 63.6 Å². The van der Waals surface area contributed by atoms with Crippen molar-refractivity contribution in [2.24, 2.45) is 11.8 Å². The molecule has 0 aromatic carbocycles. The third-order valence-corrected chi connectivity index (χ3v) is 2.03. The Labute approximate surface area is 76.2 Å². The quantitative estimate of drug-likeness (QED) is 0.378. The zero-order chi connectivity index (χ0) is 9.84. The maximum absolute atomic E-state index is 11.2. The highest BCUT2D eigenvalue weighted by molar-refractivity contribution is 5.79. The molecule has 1 aliphatic carbocycles. The molecule has 0 amide bonds. The Bertz CT molecular complexity index is 234. The average Bonchev–Trinajstić information content (AvgIpc) is 2.47. The molecule has 1 aliphatic rings. The van der Waals surface area contributed by atoms with Gasteiger partial charge < -0.3 is 14.6 Å². The summed E-state index contributed by atoms with van der Waals surface area (Å²) in [6.45, 7) is 1.94. The average molecular weight is 184 g/mol. The standard InChI is InChI=1S/C9H12O4/c1-2-13-9(12)8-6(5-10)3-4-7(8)11/h3-8,11H,2H2,1H3. The minimum atomic E-state index is -0.894. The second kappa shape index (κ2) is 4.18. The number of carbonyl (C=O) groups excluding carboxylic acids is 2. The highest BCUT2D eigenvalue weighted by Crippen LogP contribution is 2.25. The van der Waals surface area contributed by atoms with Gasteiger partial charge in [0.1, 0.15) is 6.29 Å². The summed E-state index contributed by atoms with van der Waals surface area (Å²) in [6, 6.07) is 0. The smallest absolute Gasteiger partial charge is 0.312 e. The first-order valence-electron chi connectivity index (χ1n) is 4.19. The molecular weight excluding hydrogens is 172 g/mol. The second-order valence-corrected chi connectivity index (χ2v) is 2.87. The van der Waals surface area contributed by atoms with Crippen LogP contribution >= 0.6 is 0 Å². The number of aliphatic hydroxyl groups excluding tert-OH is 1. The van der Waals surface area contributed by atoms with Crippen molar-refractivity contribution in [1.82, 2.24) is 0 Å². The van der Waals surface area contributed by atoms with Crippen LogP contribution in [0.2, 0.25) is 0 Å². The first-order valence-corrected chi connectivity index (χ1v) is 4.19. The van der Waals surface area contributed by atoms with Crippen molar-refractivity contribution in [3.63, 3.8) is 0 Å². The number of hydrogen-bond acceptors (Lipinski definition) is 4. The van der Waals surface area contributed by atoms with Crippen LogP contribution in [0.25, 0.3) is 0 Å². The Morgan fingerprint density at radius 1 is 1.62 bits per heavy atom. The molecule has 0 saturated heterocycles. The molecule has 13 heavy (non-hydrogen) atoms. The van der Waals surface area contributed by atoms with Crippen LogP contribution in [0.15, 0.2) is 12.2 Å². The zero-order valence-corrected chi connectivity index (χ0v) is 7.34. The number of aldehydes is 1. The lowest BCUT2D eigenvalue weighted by atomic mass is 9.95. The van der Waals surface area contributed by atoms with Gasteiger partial charge in [-0.1, -0.05) is 12.2 Å². The fraction of sp³-hybridized carbons (Fsp3) is 0.556. The van der Waals surface area contributed by atoms with Crippen molar-refractivity contribution in [2.75, 3.05) is 6.61 Å². The molecule has 1 N–H and O–H groups in total. The van der Waals surface area contributed by atoms with E-state index in [4.69, 9.17) is 4.74 Å². The predicted octanol–water partition coefficient (Wildman–Crippen LogP) is -0.0885. The minimum Gasteiger partial charge on any atom is -0.466 e. The van der Waals surface area contributed by atoms with Crippen molar-refractivity contribution in [3.8, 4) is 0 Å².